The third-order valence-electron chi connectivity index (χ3n) is 4.58. The minimum Gasteiger partial charge on any atom is -0.469 e. The maximum atomic E-state index is 11.1. The molecule has 0 bridgehead atoms. The van der Waals surface area contributed by atoms with Crippen LogP contribution in [0.4, 0.5) is 5.82 Å². The van der Waals surface area contributed by atoms with Gasteiger partial charge >= 0.3 is 5.97 Å². The van der Waals surface area contributed by atoms with Gasteiger partial charge in [-0.05, 0) is 25.0 Å². The van der Waals surface area contributed by atoms with E-state index >= 15 is 0 Å². The van der Waals surface area contributed by atoms with Gasteiger partial charge in [-0.15, -0.1) is 0 Å². The van der Waals surface area contributed by atoms with Gasteiger partial charge in [0, 0.05) is 52.4 Å². The minimum absolute atomic E-state index is 0.117. The maximum absolute atomic E-state index is 11.1. The minimum atomic E-state index is -0.117. The lowest BCUT2D eigenvalue weighted by atomic mass is 10.1. The number of hydrogen-bond acceptors (Lipinski definition) is 5. The Hall–Kier alpha value is -2.31. The van der Waals surface area contributed by atoms with Crippen LogP contribution < -0.4 is 10.2 Å². The lowest BCUT2D eigenvalue weighted by molar-refractivity contribution is -0.140. The fourth-order valence-corrected chi connectivity index (χ4v) is 3.07. The number of aromatic nitrogens is 1. The van der Waals surface area contributed by atoms with Gasteiger partial charge in [0.25, 0.3) is 0 Å². The quantitative estimate of drug-likeness (QED) is 0.330. The number of nitrogens with zero attached hydrogens (tertiary/aromatic N) is 4. The van der Waals surface area contributed by atoms with E-state index in [0.717, 1.165) is 70.2 Å². The van der Waals surface area contributed by atoms with Gasteiger partial charge in [0.1, 0.15) is 5.82 Å². The SMILES string of the molecule is CN=C(NCCCCCCC(=O)OC)N1CCN(c2ccccn2)CC1. The third kappa shape index (κ3) is 6.54. The largest absolute Gasteiger partial charge is 0.469 e. The molecule has 0 aromatic carbocycles. The standard InChI is InChI=1S/C19H31N5O2/c1-20-19(22-12-7-4-3-5-10-18(25)26-2)24-15-13-23(14-16-24)17-9-6-8-11-21-17/h6,8-9,11H,3-5,7,10,12-16H2,1-2H3,(H,20,22). The van der Waals surface area contributed by atoms with Crippen LogP contribution in [0.1, 0.15) is 32.1 Å². The molecule has 0 atom stereocenters. The summed E-state index contributed by atoms with van der Waals surface area (Å²) in [4.78, 5) is 24.5. The zero-order chi connectivity index (χ0) is 18.6. The van der Waals surface area contributed by atoms with Gasteiger partial charge in [-0.2, -0.15) is 0 Å². The fourth-order valence-electron chi connectivity index (χ4n) is 3.07. The number of hydrogen-bond donors (Lipinski definition) is 1. The van der Waals surface area contributed by atoms with Crippen LogP contribution in [-0.4, -0.2) is 68.7 Å². The Labute approximate surface area is 156 Å². The van der Waals surface area contributed by atoms with E-state index in [0.29, 0.717) is 6.42 Å². The molecular formula is C19H31N5O2. The van der Waals surface area contributed by atoms with Crippen LogP contribution in [0.5, 0.6) is 0 Å². The van der Waals surface area contributed by atoms with Crippen molar-refractivity contribution in [3.8, 4) is 0 Å². The molecule has 7 heteroatoms. The average Bonchev–Trinajstić information content (AvgIpc) is 2.71. The number of nitrogens with one attached hydrogen (secondary N) is 1. The highest BCUT2D eigenvalue weighted by Crippen LogP contribution is 2.12. The smallest absolute Gasteiger partial charge is 0.305 e. The molecule has 0 saturated carbocycles. The van der Waals surface area contributed by atoms with E-state index in [4.69, 9.17) is 0 Å². The first-order chi connectivity index (χ1) is 12.7. The highest BCUT2D eigenvalue weighted by atomic mass is 16.5. The summed E-state index contributed by atoms with van der Waals surface area (Å²) < 4.78 is 4.65. The highest BCUT2D eigenvalue weighted by molar-refractivity contribution is 5.80. The molecule has 2 heterocycles. The second-order valence-corrected chi connectivity index (χ2v) is 6.38. The number of esters is 1. The number of unbranched alkanes of at least 4 members (excludes halogenated alkanes) is 3. The molecule has 1 saturated heterocycles. The fraction of sp³-hybridized carbons (Fsp3) is 0.632. The predicted molar refractivity (Wildman–Crippen MR) is 104 cm³/mol. The molecule has 0 aliphatic carbocycles. The average molecular weight is 361 g/mol. The van der Waals surface area contributed by atoms with Gasteiger partial charge in [-0.1, -0.05) is 18.9 Å². The molecule has 1 aromatic rings. The molecule has 0 spiro atoms. The molecular weight excluding hydrogens is 330 g/mol. The normalized spacial score (nSPS) is 15.1. The summed E-state index contributed by atoms with van der Waals surface area (Å²) in [6.45, 7) is 4.69. The third-order valence-corrected chi connectivity index (χ3v) is 4.58. The first-order valence-electron chi connectivity index (χ1n) is 9.43. The lowest BCUT2D eigenvalue weighted by Crippen LogP contribution is -2.52. The number of guanidine groups is 1. The van der Waals surface area contributed by atoms with Crippen molar-refractivity contribution in [3.05, 3.63) is 24.4 Å². The monoisotopic (exact) mass is 361 g/mol. The number of methoxy groups -OCH3 is 1. The van der Waals surface area contributed by atoms with Gasteiger partial charge < -0.3 is 19.9 Å². The number of carbonyl (C=O) groups excluding carboxylic acids is 1. The molecule has 0 amide bonds. The predicted octanol–water partition coefficient (Wildman–Crippen LogP) is 1.90. The lowest BCUT2D eigenvalue weighted by Gasteiger charge is -2.37. The number of ether oxygens (including phenoxy) is 1. The second kappa shape index (κ2) is 11.3. The van der Waals surface area contributed by atoms with Crippen molar-refractivity contribution in [2.75, 3.05) is 51.8 Å². The van der Waals surface area contributed by atoms with Crippen molar-refractivity contribution in [2.24, 2.45) is 4.99 Å². The number of rotatable bonds is 8. The van der Waals surface area contributed by atoms with E-state index in [1.54, 1.807) is 0 Å². The van der Waals surface area contributed by atoms with E-state index in [1.807, 2.05) is 25.4 Å². The summed E-state index contributed by atoms with van der Waals surface area (Å²) in [5, 5.41) is 3.45. The van der Waals surface area contributed by atoms with Crippen molar-refractivity contribution in [2.45, 2.75) is 32.1 Å². The number of carbonyl (C=O) groups is 1. The van der Waals surface area contributed by atoms with Crippen LogP contribution in [0.2, 0.25) is 0 Å². The molecule has 0 unspecified atom stereocenters. The summed E-state index contributed by atoms with van der Waals surface area (Å²) in [5.41, 5.74) is 0. The van der Waals surface area contributed by atoms with Crippen molar-refractivity contribution in [1.82, 2.24) is 15.2 Å². The van der Waals surface area contributed by atoms with Crippen molar-refractivity contribution < 1.29 is 9.53 Å². The Kier molecular flexibility index (Phi) is 8.72. The first-order valence-corrected chi connectivity index (χ1v) is 9.43. The zero-order valence-corrected chi connectivity index (χ0v) is 16.0. The van der Waals surface area contributed by atoms with E-state index < -0.39 is 0 Å². The Morgan fingerprint density at radius 2 is 1.96 bits per heavy atom. The molecule has 1 aliphatic rings. The van der Waals surface area contributed by atoms with E-state index in [1.165, 1.54) is 7.11 Å². The van der Waals surface area contributed by atoms with Crippen molar-refractivity contribution >= 4 is 17.7 Å². The highest BCUT2D eigenvalue weighted by Gasteiger charge is 2.20. The topological polar surface area (TPSA) is 70.1 Å². The Bertz CT molecular complexity index is 556. The van der Waals surface area contributed by atoms with Crippen LogP contribution in [-0.2, 0) is 9.53 Å². The summed E-state index contributed by atoms with van der Waals surface area (Å²) in [5.74, 6) is 1.90. The number of aliphatic imine (C=N–C) groups is 1. The summed E-state index contributed by atoms with van der Waals surface area (Å²) in [6, 6.07) is 6.03. The number of piperazine rings is 1. The molecule has 26 heavy (non-hydrogen) atoms. The molecule has 144 valence electrons. The first kappa shape index (κ1) is 20.0. The van der Waals surface area contributed by atoms with Crippen molar-refractivity contribution in [3.63, 3.8) is 0 Å². The zero-order valence-electron chi connectivity index (χ0n) is 16.0. The summed E-state index contributed by atoms with van der Waals surface area (Å²) in [7, 11) is 3.28. The van der Waals surface area contributed by atoms with Gasteiger partial charge in [0.2, 0.25) is 0 Å². The second-order valence-electron chi connectivity index (χ2n) is 6.38. The Balaban J connectivity index is 1.61. The Morgan fingerprint density at radius 3 is 2.62 bits per heavy atom. The van der Waals surface area contributed by atoms with Crippen LogP contribution >= 0.6 is 0 Å². The number of anilines is 1. The molecule has 0 radical (unpaired) electrons. The maximum Gasteiger partial charge on any atom is 0.305 e. The molecule has 1 N–H and O–H groups in total. The van der Waals surface area contributed by atoms with Gasteiger partial charge in [0.05, 0.1) is 7.11 Å². The van der Waals surface area contributed by atoms with Crippen LogP contribution in [0.25, 0.3) is 0 Å². The van der Waals surface area contributed by atoms with E-state index in [-0.39, 0.29) is 5.97 Å². The van der Waals surface area contributed by atoms with Crippen LogP contribution in [0.3, 0.4) is 0 Å². The van der Waals surface area contributed by atoms with Gasteiger partial charge in [0.15, 0.2) is 5.96 Å². The molecule has 1 fully saturated rings. The molecule has 2 rings (SSSR count). The van der Waals surface area contributed by atoms with Crippen LogP contribution in [0.15, 0.2) is 29.4 Å². The molecule has 1 aliphatic heterocycles. The molecule has 7 nitrogen and oxygen atoms in total. The summed E-state index contributed by atoms with van der Waals surface area (Å²) >= 11 is 0. The summed E-state index contributed by atoms with van der Waals surface area (Å²) in [6.07, 6.45) is 6.50. The molecule has 1 aromatic heterocycles. The Morgan fingerprint density at radius 1 is 1.19 bits per heavy atom. The number of pyridine rings is 1. The van der Waals surface area contributed by atoms with Gasteiger partial charge in [-0.3, -0.25) is 9.79 Å². The van der Waals surface area contributed by atoms with E-state index in [9.17, 15) is 4.79 Å². The van der Waals surface area contributed by atoms with E-state index in [2.05, 4.69) is 35.9 Å². The van der Waals surface area contributed by atoms with Crippen molar-refractivity contribution in [1.29, 1.82) is 0 Å². The van der Waals surface area contributed by atoms with Crippen LogP contribution in [0, 0.1) is 0 Å². The van der Waals surface area contributed by atoms with Gasteiger partial charge in [-0.25, -0.2) is 4.98 Å².